The number of nitrogens with zero attached hydrogens (tertiary/aromatic N) is 1. The van der Waals surface area contributed by atoms with Gasteiger partial charge in [-0.05, 0) is 36.6 Å². The maximum absolute atomic E-state index is 12.7. The lowest BCUT2D eigenvalue weighted by atomic mass is 10.1. The highest BCUT2D eigenvalue weighted by atomic mass is 16.6. The highest BCUT2D eigenvalue weighted by Gasteiger charge is 2.40. The van der Waals surface area contributed by atoms with Crippen LogP contribution in [-0.2, 0) is 16.1 Å². The fourth-order valence-electron chi connectivity index (χ4n) is 3.17. The van der Waals surface area contributed by atoms with Crippen molar-refractivity contribution in [2.24, 2.45) is 0 Å². The van der Waals surface area contributed by atoms with Crippen LogP contribution in [0, 0.1) is 13.8 Å². The van der Waals surface area contributed by atoms with Crippen molar-refractivity contribution >= 4 is 17.7 Å². The molecule has 1 aliphatic rings. The average Bonchev–Trinajstić information content (AvgIpc) is 3.06. The molecular formula is C21H24N2O4. The van der Waals surface area contributed by atoms with Gasteiger partial charge in [0.15, 0.2) is 0 Å². The summed E-state index contributed by atoms with van der Waals surface area (Å²) in [6, 6.07) is 14.2. The lowest BCUT2D eigenvalue weighted by Gasteiger charge is -2.23. The van der Waals surface area contributed by atoms with Crippen molar-refractivity contribution in [1.82, 2.24) is 4.90 Å². The molecule has 2 atom stereocenters. The van der Waals surface area contributed by atoms with E-state index < -0.39 is 18.2 Å². The van der Waals surface area contributed by atoms with E-state index in [-0.39, 0.29) is 25.5 Å². The summed E-state index contributed by atoms with van der Waals surface area (Å²) in [6.07, 6.45) is -1.16. The summed E-state index contributed by atoms with van der Waals surface area (Å²) < 4.78 is 5.33. The molecule has 0 saturated carbocycles. The van der Waals surface area contributed by atoms with Gasteiger partial charge in [-0.2, -0.15) is 0 Å². The Bertz CT molecular complexity index is 822. The van der Waals surface area contributed by atoms with E-state index >= 15 is 0 Å². The van der Waals surface area contributed by atoms with Gasteiger partial charge in [0.2, 0.25) is 5.91 Å². The predicted molar refractivity (Wildman–Crippen MR) is 102 cm³/mol. The van der Waals surface area contributed by atoms with Gasteiger partial charge in [0.25, 0.3) is 0 Å². The third-order valence-corrected chi connectivity index (χ3v) is 4.88. The fraction of sp³-hybridized carbons (Fsp3) is 0.333. The number of aliphatic hydroxyl groups is 1. The second-order valence-electron chi connectivity index (χ2n) is 6.83. The molecule has 3 rings (SSSR count). The summed E-state index contributed by atoms with van der Waals surface area (Å²) >= 11 is 0. The van der Waals surface area contributed by atoms with Gasteiger partial charge in [0.05, 0.1) is 12.6 Å². The average molecular weight is 368 g/mol. The predicted octanol–water partition coefficient (Wildman–Crippen LogP) is 3.01. The highest BCUT2D eigenvalue weighted by molar-refractivity contribution is 5.97. The number of likely N-dealkylation sites (tertiary alicyclic amines) is 1. The van der Waals surface area contributed by atoms with Crippen molar-refractivity contribution in [3.63, 3.8) is 0 Å². The molecule has 6 nitrogen and oxygen atoms in total. The topological polar surface area (TPSA) is 78.9 Å². The number of carbonyl (C=O) groups excluding carboxylic acids is 2. The standard InChI is InChI=1S/C21H24N2O4/c1-14-7-6-10-18(15(14)2)22-20(25)19-11-17(24)12-23(19)21(26)27-13-16-8-4-3-5-9-16/h3-10,17,19,24H,11-13H2,1-2H3,(H,22,25)/t17-,19+/m0/s1. The van der Waals surface area contributed by atoms with Crippen molar-refractivity contribution in [3.05, 3.63) is 65.2 Å². The Morgan fingerprint density at radius 2 is 1.89 bits per heavy atom. The zero-order chi connectivity index (χ0) is 19.4. The normalized spacial score (nSPS) is 19.0. The van der Waals surface area contributed by atoms with Gasteiger partial charge in [0, 0.05) is 12.1 Å². The molecule has 6 heteroatoms. The van der Waals surface area contributed by atoms with Gasteiger partial charge < -0.3 is 15.2 Å². The molecule has 2 amide bonds. The molecule has 0 bridgehead atoms. The molecule has 0 spiro atoms. The van der Waals surface area contributed by atoms with Gasteiger partial charge >= 0.3 is 6.09 Å². The zero-order valence-corrected chi connectivity index (χ0v) is 15.5. The van der Waals surface area contributed by atoms with Crippen molar-refractivity contribution in [2.75, 3.05) is 11.9 Å². The molecule has 142 valence electrons. The largest absolute Gasteiger partial charge is 0.445 e. The molecule has 1 saturated heterocycles. The maximum Gasteiger partial charge on any atom is 0.410 e. The number of carbonyl (C=O) groups is 2. The number of amides is 2. The number of hydrogen-bond donors (Lipinski definition) is 2. The summed E-state index contributed by atoms with van der Waals surface area (Å²) in [5, 5.41) is 12.9. The van der Waals surface area contributed by atoms with E-state index in [0.717, 1.165) is 16.7 Å². The number of benzene rings is 2. The number of aliphatic hydroxyl groups excluding tert-OH is 1. The second-order valence-corrected chi connectivity index (χ2v) is 6.83. The second kappa shape index (κ2) is 8.22. The number of aryl methyl sites for hydroxylation is 1. The Kier molecular flexibility index (Phi) is 5.76. The third kappa shape index (κ3) is 4.46. The molecule has 27 heavy (non-hydrogen) atoms. The molecule has 0 aromatic heterocycles. The van der Waals surface area contributed by atoms with Crippen molar-refractivity contribution in [3.8, 4) is 0 Å². The first kappa shape index (κ1) is 18.9. The smallest absolute Gasteiger partial charge is 0.410 e. The lowest BCUT2D eigenvalue weighted by molar-refractivity contribution is -0.120. The minimum Gasteiger partial charge on any atom is -0.445 e. The summed E-state index contributed by atoms with van der Waals surface area (Å²) in [5.74, 6) is -0.322. The molecule has 2 aromatic carbocycles. The number of anilines is 1. The van der Waals surface area contributed by atoms with Gasteiger partial charge in [-0.15, -0.1) is 0 Å². The fourth-order valence-corrected chi connectivity index (χ4v) is 3.17. The molecule has 0 aliphatic carbocycles. The van der Waals surface area contributed by atoms with Gasteiger partial charge in [-0.3, -0.25) is 9.69 Å². The first-order valence-electron chi connectivity index (χ1n) is 8.98. The minimum atomic E-state index is -0.761. The van der Waals surface area contributed by atoms with Crippen molar-refractivity contribution < 1.29 is 19.4 Å². The van der Waals surface area contributed by atoms with E-state index in [1.807, 2.05) is 62.4 Å². The van der Waals surface area contributed by atoms with Crippen LogP contribution in [-0.4, -0.2) is 40.7 Å². The van der Waals surface area contributed by atoms with Gasteiger partial charge in [-0.1, -0.05) is 42.5 Å². The van der Waals surface area contributed by atoms with E-state index in [1.165, 1.54) is 4.90 Å². The first-order valence-corrected chi connectivity index (χ1v) is 8.98. The van der Waals surface area contributed by atoms with Crippen LogP contribution >= 0.6 is 0 Å². The van der Waals surface area contributed by atoms with Gasteiger partial charge in [0.1, 0.15) is 12.6 Å². The summed E-state index contributed by atoms with van der Waals surface area (Å²) in [6.45, 7) is 4.11. The van der Waals surface area contributed by atoms with E-state index in [0.29, 0.717) is 5.69 Å². The molecular weight excluding hydrogens is 344 g/mol. The maximum atomic E-state index is 12.7. The Labute approximate surface area is 158 Å². The third-order valence-electron chi connectivity index (χ3n) is 4.88. The lowest BCUT2D eigenvalue weighted by Crippen LogP contribution is -2.43. The molecule has 1 aliphatic heterocycles. The minimum absolute atomic E-state index is 0.0819. The Balaban J connectivity index is 1.66. The van der Waals surface area contributed by atoms with Crippen molar-refractivity contribution in [1.29, 1.82) is 0 Å². The number of β-amino-alcohol motifs (C(OH)–C–C–N with tert-alkyl or cyclic N) is 1. The molecule has 0 radical (unpaired) electrons. The monoisotopic (exact) mass is 368 g/mol. The summed E-state index contributed by atoms with van der Waals surface area (Å²) in [5.41, 5.74) is 3.61. The van der Waals surface area contributed by atoms with E-state index in [1.54, 1.807) is 0 Å². The molecule has 2 aromatic rings. The van der Waals surface area contributed by atoms with Crippen LogP contribution in [0.15, 0.2) is 48.5 Å². The van der Waals surface area contributed by atoms with Crippen molar-refractivity contribution in [2.45, 2.75) is 39.0 Å². The van der Waals surface area contributed by atoms with Crippen LogP contribution in [0.3, 0.4) is 0 Å². The van der Waals surface area contributed by atoms with Crippen LogP contribution < -0.4 is 5.32 Å². The van der Waals surface area contributed by atoms with Gasteiger partial charge in [-0.25, -0.2) is 4.79 Å². The van der Waals surface area contributed by atoms with Crippen LogP contribution in [0.25, 0.3) is 0 Å². The van der Waals surface area contributed by atoms with Crippen LogP contribution in [0.5, 0.6) is 0 Å². The summed E-state index contributed by atoms with van der Waals surface area (Å²) in [4.78, 5) is 26.5. The quantitative estimate of drug-likeness (QED) is 0.870. The Morgan fingerprint density at radius 3 is 2.63 bits per heavy atom. The molecule has 2 N–H and O–H groups in total. The summed E-state index contributed by atoms with van der Waals surface area (Å²) in [7, 11) is 0. The van der Waals surface area contributed by atoms with E-state index in [4.69, 9.17) is 4.74 Å². The molecule has 1 heterocycles. The highest BCUT2D eigenvalue weighted by Crippen LogP contribution is 2.23. The Hall–Kier alpha value is -2.86. The van der Waals surface area contributed by atoms with Crippen LogP contribution in [0.4, 0.5) is 10.5 Å². The first-order chi connectivity index (χ1) is 13.0. The van der Waals surface area contributed by atoms with Crippen LogP contribution in [0.2, 0.25) is 0 Å². The number of ether oxygens (including phenoxy) is 1. The van der Waals surface area contributed by atoms with E-state index in [9.17, 15) is 14.7 Å². The molecule has 1 fully saturated rings. The van der Waals surface area contributed by atoms with E-state index in [2.05, 4.69) is 5.32 Å². The molecule has 0 unspecified atom stereocenters. The number of rotatable bonds is 4. The SMILES string of the molecule is Cc1cccc(NC(=O)[C@H]2C[C@H](O)CN2C(=O)OCc2ccccc2)c1C. The number of hydrogen-bond acceptors (Lipinski definition) is 4. The number of nitrogens with one attached hydrogen (secondary N) is 1. The zero-order valence-electron chi connectivity index (χ0n) is 15.5. The Morgan fingerprint density at radius 1 is 1.15 bits per heavy atom. The van der Waals surface area contributed by atoms with Crippen LogP contribution in [0.1, 0.15) is 23.1 Å².